The Bertz CT molecular complexity index is 741. The third-order valence-electron chi connectivity index (χ3n) is 4.30. The Morgan fingerprint density at radius 1 is 1.05 bits per heavy atom. The van der Waals surface area contributed by atoms with Gasteiger partial charge in [0.2, 0.25) is 0 Å². The molecule has 116 valence electrons. The van der Waals surface area contributed by atoms with E-state index in [4.69, 9.17) is 10.5 Å². The van der Waals surface area contributed by atoms with E-state index < -0.39 is 15.1 Å². The Balaban J connectivity index is 1.91. The fourth-order valence-electron chi connectivity index (χ4n) is 3.08. The van der Waals surface area contributed by atoms with Crippen molar-refractivity contribution >= 4 is 9.84 Å². The van der Waals surface area contributed by atoms with Gasteiger partial charge in [-0.3, -0.25) is 0 Å². The average Bonchev–Trinajstić information content (AvgIpc) is 3.31. The summed E-state index contributed by atoms with van der Waals surface area (Å²) in [5.41, 5.74) is 6.79. The first-order chi connectivity index (χ1) is 10.6. The summed E-state index contributed by atoms with van der Waals surface area (Å²) < 4.78 is 30.7. The van der Waals surface area contributed by atoms with Gasteiger partial charge in [-0.15, -0.1) is 0 Å². The van der Waals surface area contributed by atoms with Crippen LogP contribution in [0.15, 0.2) is 59.5 Å². The zero-order chi connectivity index (χ0) is 15.7. The van der Waals surface area contributed by atoms with Crippen LogP contribution in [0.2, 0.25) is 0 Å². The summed E-state index contributed by atoms with van der Waals surface area (Å²) in [7, 11) is -1.74. The van der Waals surface area contributed by atoms with Crippen LogP contribution in [0.4, 0.5) is 0 Å². The van der Waals surface area contributed by atoms with Crippen LogP contribution in [0, 0.1) is 5.92 Å². The van der Waals surface area contributed by atoms with Crippen molar-refractivity contribution in [2.75, 3.05) is 13.7 Å². The molecule has 0 bridgehead atoms. The summed E-state index contributed by atoms with van der Waals surface area (Å²) in [5.74, 6) is 0.691. The van der Waals surface area contributed by atoms with Crippen molar-refractivity contribution in [3.63, 3.8) is 0 Å². The van der Waals surface area contributed by atoms with E-state index in [2.05, 4.69) is 0 Å². The van der Waals surface area contributed by atoms with Gasteiger partial charge in [-0.2, -0.15) is 0 Å². The lowest BCUT2D eigenvalue weighted by Crippen LogP contribution is -2.13. The third kappa shape index (κ3) is 2.51. The first-order valence-electron chi connectivity index (χ1n) is 7.22. The highest BCUT2D eigenvalue weighted by molar-refractivity contribution is 7.92. The molecule has 2 N–H and O–H groups in total. The summed E-state index contributed by atoms with van der Waals surface area (Å²) in [6.45, 7) is 0.368. The number of nitrogens with two attached hydrogens (primary N) is 1. The van der Waals surface area contributed by atoms with Crippen molar-refractivity contribution in [3.8, 4) is 5.75 Å². The number of hydrogen-bond donors (Lipinski definition) is 1. The Morgan fingerprint density at radius 3 is 2.23 bits per heavy atom. The van der Waals surface area contributed by atoms with E-state index in [0.29, 0.717) is 11.4 Å². The van der Waals surface area contributed by atoms with Gasteiger partial charge >= 0.3 is 0 Å². The Labute approximate surface area is 130 Å². The second kappa shape index (κ2) is 5.74. The fourth-order valence-corrected chi connectivity index (χ4v) is 5.32. The number of ether oxygens (including phenoxy) is 1. The zero-order valence-electron chi connectivity index (χ0n) is 12.3. The molecule has 0 unspecified atom stereocenters. The van der Waals surface area contributed by atoms with Crippen LogP contribution in [-0.4, -0.2) is 27.3 Å². The van der Waals surface area contributed by atoms with Gasteiger partial charge in [-0.25, -0.2) is 8.42 Å². The van der Waals surface area contributed by atoms with Gasteiger partial charge < -0.3 is 10.5 Å². The molecular weight excluding hydrogens is 298 g/mol. The summed E-state index contributed by atoms with van der Waals surface area (Å²) in [6, 6.07) is 16.1. The number of methoxy groups -OCH3 is 1. The van der Waals surface area contributed by atoms with Gasteiger partial charge in [-0.05, 0) is 42.3 Å². The van der Waals surface area contributed by atoms with Crippen LogP contribution in [0.5, 0.6) is 5.75 Å². The summed E-state index contributed by atoms with van der Waals surface area (Å²) >= 11 is 0. The van der Waals surface area contributed by atoms with Crippen molar-refractivity contribution in [2.45, 2.75) is 16.1 Å². The molecule has 1 aliphatic carbocycles. The van der Waals surface area contributed by atoms with Crippen LogP contribution in [0.25, 0.3) is 0 Å². The van der Waals surface area contributed by atoms with Crippen LogP contribution >= 0.6 is 0 Å². The largest absolute Gasteiger partial charge is 0.497 e. The smallest absolute Gasteiger partial charge is 0.182 e. The first kappa shape index (κ1) is 15.1. The van der Waals surface area contributed by atoms with E-state index in [0.717, 1.165) is 11.3 Å². The number of rotatable bonds is 5. The van der Waals surface area contributed by atoms with E-state index in [1.807, 2.05) is 30.3 Å². The molecule has 22 heavy (non-hydrogen) atoms. The molecule has 2 aromatic rings. The van der Waals surface area contributed by atoms with Crippen molar-refractivity contribution in [1.29, 1.82) is 0 Å². The molecule has 2 aromatic carbocycles. The molecule has 0 amide bonds. The van der Waals surface area contributed by atoms with Crippen molar-refractivity contribution in [2.24, 2.45) is 11.7 Å². The van der Waals surface area contributed by atoms with Crippen molar-refractivity contribution in [1.82, 2.24) is 0 Å². The molecule has 3 rings (SSSR count). The molecule has 0 aliphatic heterocycles. The predicted molar refractivity (Wildman–Crippen MR) is 85.7 cm³/mol. The van der Waals surface area contributed by atoms with E-state index in [-0.39, 0.29) is 11.8 Å². The minimum atomic E-state index is -3.35. The van der Waals surface area contributed by atoms with Gasteiger partial charge in [0, 0.05) is 5.92 Å². The van der Waals surface area contributed by atoms with E-state index in [9.17, 15) is 8.42 Å². The molecule has 1 fully saturated rings. The van der Waals surface area contributed by atoms with Crippen LogP contribution in [0.3, 0.4) is 0 Å². The third-order valence-corrected chi connectivity index (χ3v) is 6.59. The van der Waals surface area contributed by atoms with Crippen LogP contribution < -0.4 is 10.5 Å². The fraction of sp³-hybridized carbons (Fsp3) is 0.294. The lowest BCUT2D eigenvalue weighted by Gasteiger charge is -2.05. The monoisotopic (exact) mass is 317 g/mol. The van der Waals surface area contributed by atoms with Gasteiger partial charge in [0.25, 0.3) is 0 Å². The second-order valence-corrected chi connectivity index (χ2v) is 7.63. The maximum absolute atomic E-state index is 12.8. The van der Waals surface area contributed by atoms with E-state index in [1.54, 1.807) is 31.4 Å². The van der Waals surface area contributed by atoms with Crippen molar-refractivity contribution in [3.05, 3.63) is 60.2 Å². The summed E-state index contributed by atoms with van der Waals surface area (Å²) in [6.07, 6.45) is 0. The number of hydrogen-bond acceptors (Lipinski definition) is 4. The van der Waals surface area contributed by atoms with Crippen LogP contribution in [-0.2, 0) is 9.84 Å². The molecule has 3 atom stereocenters. The Kier molecular flexibility index (Phi) is 3.93. The highest BCUT2D eigenvalue weighted by atomic mass is 32.2. The van der Waals surface area contributed by atoms with E-state index in [1.165, 1.54) is 0 Å². The molecule has 0 saturated heterocycles. The van der Waals surface area contributed by atoms with Crippen LogP contribution in [0.1, 0.15) is 11.5 Å². The molecule has 4 nitrogen and oxygen atoms in total. The molecule has 0 aromatic heterocycles. The molecule has 1 aliphatic rings. The lowest BCUT2D eigenvalue weighted by atomic mass is 10.1. The van der Waals surface area contributed by atoms with Crippen molar-refractivity contribution < 1.29 is 13.2 Å². The lowest BCUT2D eigenvalue weighted by molar-refractivity contribution is 0.414. The maximum Gasteiger partial charge on any atom is 0.182 e. The second-order valence-electron chi connectivity index (χ2n) is 5.52. The minimum Gasteiger partial charge on any atom is -0.497 e. The van der Waals surface area contributed by atoms with Gasteiger partial charge in [0.05, 0.1) is 17.3 Å². The first-order valence-corrected chi connectivity index (χ1v) is 8.77. The number of sulfone groups is 1. The quantitative estimate of drug-likeness (QED) is 0.918. The SMILES string of the molecule is COc1ccc([C@H]2[C@H](CN)[C@@H]2S(=O)(=O)c2ccccc2)cc1. The molecule has 1 saturated carbocycles. The highest BCUT2D eigenvalue weighted by Crippen LogP contribution is 2.53. The number of benzene rings is 2. The molecule has 5 heteroatoms. The standard InChI is InChI=1S/C17H19NO3S/c1-21-13-9-7-12(8-10-13)16-15(11-18)17(16)22(19,20)14-5-3-2-4-6-14/h2-10,15-17H,11,18H2,1H3/t15-,16-,17-/m0/s1. The van der Waals surface area contributed by atoms with Gasteiger partial charge in [-0.1, -0.05) is 30.3 Å². The predicted octanol–water partition coefficient (Wildman–Crippen LogP) is 2.21. The normalized spacial score (nSPS) is 24.0. The molecule has 0 heterocycles. The maximum atomic E-state index is 12.8. The summed E-state index contributed by atoms with van der Waals surface area (Å²) in [5, 5.41) is -0.437. The van der Waals surface area contributed by atoms with E-state index >= 15 is 0 Å². The average molecular weight is 317 g/mol. The summed E-state index contributed by atoms with van der Waals surface area (Å²) in [4.78, 5) is 0.370. The Hall–Kier alpha value is -1.85. The Morgan fingerprint density at radius 2 is 1.68 bits per heavy atom. The topological polar surface area (TPSA) is 69.4 Å². The highest BCUT2D eigenvalue weighted by Gasteiger charge is 2.57. The molecule has 0 radical (unpaired) electrons. The minimum absolute atomic E-state index is 0.0291. The molecular formula is C17H19NO3S. The van der Waals surface area contributed by atoms with Gasteiger partial charge in [0.15, 0.2) is 9.84 Å². The van der Waals surface area contributed by atoms with Gasteiger partial charge in [0.1, 0.15) is 5.75 Å². The molecule has 0 spiro atoms. The zero-order valence-corrected chi connectivity index (χ0v) is 13.2.